The first-order chi connectivity index (χ1) is 48.9. The van der Waals surface area contributed by atoms with Gasteiger partial charge in [-0.05, 0) is 56.4 Å². The third-order valence-electron chi connectivity index (χ3n) is 15.9. The van der Waals surface area contributed by atoms with Gasteiger partial charge in [0.05, 0.1) is 51.8 Å². The number of H-pyrrole nitrogens is 1. The summed E-state index contributed by atoms with van der Waals surface area (Å²) in [5, 5.41) is 75.9. The minimum Gasteiger partial charge on any atom is -0.481 e. The number of cyclic esters (lactones) is 1. The number of esters is 1. The Labute approximate surface area is 591 Å². The lowest BCUT2D eigenvalue weighted by molar-refractivity contribution is -0.156. The van der Waals surface area contributed by atoms with Crippen molar-refractivity contribution in [1.82, 2.24) is 68.8 Å². The van der Waals surface area contributed by atoms with Gasteiger partial charge in [0.25, 0.3) is 0 Å². The Hall–Kier alpha value is -12.1. The van der Waals surface area contributed by atoms with Gasteiger partial charge in [-0.3, -0.25) is 86.3 Å². The summed E-state index contributed by atoms with van der Waals surface area (Å²) in [6, 6.07) is -8.25. The van der Waals surface area contributed by atoms with E-state index >= 15 is 0 Å². The van der Waals surface area contributed by atoms with Crippen LogP contribution in [0.1, 0.15) is 108 Å². The van der Waals surface area contributed by atoms with Crippen LogP contribution in [0.25, 0.3) is 10.9 Å². The number of rotatable bonds is 26. The fraction of sp³-hybridized carbons (Fsp3) is 0.484. The predicted octanol–water partition coefficient (Wildman–Crippen LogP) is -6.16. The Balaban J connectivity index is 1.86. The molecule has 13 amide bonds. The number of benzene rings is 2. The number of carboxylic acid groups (broad SMARTS) is 4. The van der Waals surface area contributed by atoms with Crippen LogP contribution in [0.2, 0.25) is 0 Å². The molecule has 1 fully saturated rings. The van der Waals surface area contributed by atoms with Gasteiger partial charge in [0.1, 0.15) is 66.5 Å². The van der Waals surface area contributed by atoms with E-state index in [0.29, 0.717) is 12.0 Å². The van der Waals surface area contributed by atoms with Crippen molar-refractivity contribution in [2.45, 2.75) is 165 Å². The summed E-state index contributed by atoms with van der Waals surface area (Å²) in [5.74, 6) is -29.1. The van der Waals surface area contributed by atoms with E-state index in [1.807, 2.05) is 16.0 Å². The number of primary amides is 1. The summed E-state index contributed by atoms with van der Waals surface area (Å²) in [4.78, 5) is 260. The molecule has 104 heavy (non-hydrogen) atoms. The van der Waals surface area contributed by atoms with Crippen LogP contribution < -0.4 is 75.3 Å². The molecule has 13 unspecified atom stereocenters. The van der Waals surface area contributed by atoms with Crippen LogP contribution in [0.15, 0.2) is 54.7 Å². The van der Waals surface area contributed by atoms with Gasteiger partial charge in [0.2, 0.25) is 76.8 Å². The fourth-order valence-electron chi connectivity index (χ4n) is 10.3. The first kappa shape index (κ1) is 84.3. The maximum absolute atomic E-state index is 14.7. The molecule has 1 aliphatic heterocycles. The molecule has 40 nitrogen and oxygen atoms in total. The number of ketones is 1. The summed E-state index contributed by atoms with van der Waals surface area (Å²) in [7, 11) is 0. The highest BCUT2D eigenvalue weighted by molar-refractivity contribution is 6.05. The van der Waals surface area contributed by atoms with Crippen LogP contribution in [-0.2, 0) is 97.5 Å². The number of para-hydroxylation sites is 2. The molecule has 0 radical (unpaired) electrons. The number of aliphatic carboxylic acids is 4. The first-order valence-corrected chi connectivity index (χ1v) is 32.4. The van der Waals surface area contributed by atoms with Crippen LogP contribution in [0.3, 0.4) is 0 Å². The minimum atomic E-state index is -2.39. The Morgan fingerprint density at radius 3 is 1.71 bits per heavy atom. The number of aliphatic hydroxyl groups excluding tert-OH is 1. The molecule has 3 aromatic rings. The average molecular weight is 1460 g/mol. The lowest BCUT2D eigenvalue weighted by atomic mass is 9.96. The zero-order valence-corrected chi connectivity index (χ0v) is 56.9. The number of nitrogens with two attached hydrogens (primary N) is 2. The Morgan fingerprint density at radius 1 is 0.577 bits per heavy atom. The number of unbranched alkanes of at least 4 members (excludes halogenated alkanes) is 1. The van der Waals surface area contributed by atoms with Crippen molar-refractivity contribution in [2.24, 2.45) is 17.6 Å². The number of carboxylic acids is 4. The number of Topliss-reactive ketones (excluding diaryl/α,β-unsaturated/α-hetero) is 1. The smallest absolute Gasteiger partial charge is 0.329 e. The van der Waals surface area contributed by atoms with E-state index < -0.39 is 249 Å². The molecular weight excluding hydrogens is 1380 g/mol. The second-order valence-electron chi connectivity index (χ2n) is 24.4. The fourth-order valence-corrected chi connectivity index (χ4v) is 10.3. The Kier molecular flexibility index (Phi) is 32.7. The van der Waals surface area contributed by atoms with E-state index in [-0.39, 0.29) is 30.5 Å². The molecule has 1 aromatic heterocycles. The highest BCUT2D eigenvalue weighted by Crippen LogP contribution is 2.22. The van der Waals surface area contributed by atoms with Crippen molar-refractivity contribution in [1.29, 1.82) is 0 Å². The summed E-state index contributed by atoms with van der Waals surface area (Å²) < 4.78 is 5.65. The lowest BCUT2D eigenvalue weighted by Crippen LogP contribution is -2.61. The maximum Gasteiger partial charge on any atom is 0.329 e. The van der Waals surface area contributed by atoms with Crippen molar-refractivity contribution in [3.8, 4) is 0 Å². The number of carbonyl (C=O) groups excluding carboxylic acids is 15. The van der Waals surface area contributed by atoms with E-state index in [0.717, 1.165) is 31.7 Å². The number of ether oxygens (including phenoxy) is 1. The average Bonchev–Trinajstić information content (AvgIpc) is 1.32. The number of anilines is 1. The van der Waals surface area contributed by atoms with Crippen molar-refractivity contribution >= 4 is 129 Å². The molecule has 566 valence electrons. The van der Waals surface area contributed by atoms with Crippen molar-refractivity contribution in [3.63, 3.8) is 0 Å². The van der Waals surface area contributed by atoms with Crippen LogP contribution >= 0.6 is 0 Å². The Bertz CT molecular complexity index is 3750. The number of hydrogen-bond acceptors (Lipinski definition) is 22. The van der Waals surface area contributed by atoms with E-state index in [1.165, 1.54) is 31.2 Å². The largest absolute Gasteiger partial charge is 0.481 e. The molecule has 4 rings (SSSR count). The molecule has 0 saturated carbocycles. The molecule has 0 spiro atoms. The van der Waals surface area contributed by atoms with Gasteiger partial charge >= 0.3 is 29.8 Å². The number of aromatic amines is 1. The van der Waals surface area contributed by atoms with Gasteiger partial charge in [0, 0.05) is 40.7 Å². The monoisotopic (exact) mass is 1460 g/mol. The van der Waals surface area contributed by atoms with Gasteiger partial charge in [-0.15, -0.1) is 0 Å². The zero-order chi connectivity index (χ0) is 77.8. The predicted molar refractivity (Wildman–Crippen MR) is 356 cm³/mol. The number of nitrogens with one attached hydrogen (secondary N) is 13. The van der Waals surface area contributed by atoms with Crippen LogP contribution in [0.4, 0.5) is 5.69 Å². The third kappa shape index (κ3) is 26.8. The molecule has 0 bridgehead atoms. The summed E-state index contributed by atoms with van der Waals surface area (Å²) in [6.45, 7) is 2.50. The van der Waals surface area contributed by atoms with Crippen molar-refractivity contribution in [2.75, 3.05) is 25.4 Å². The van der Waals surface area contributed by atoms with Gasteiger partial charge in [-0.25, -0.2) is 4.79 Å². The molecule has 22 N–H and O–H groups in total. The number of fused-ring (bicyclic) bond motifs is 1. The topological polar surface area (TPSA) is 647 Å². The van der Waals surface area contributed by atoms with Gasteiger partial charge in [-0.2, -0.15) is 0 Å². The van der Waals surface area contributed by atoms with Gasteiger partial charge < -0.3 is 111 Å². The molecule has 13 atom stereocenters. The standard InChI is InChI=1S/C64H85N15O25/c1-6-7-15-37-57(96)75-40(22-50(89)90)58(97)70-30(4)55(94)74-39(21-49(87)88)56(95)68-25-47(84)72-43(27-80)61(100)78-52(28(2)18-48(85)86)63(102)77-42(19-44(81)34-13-8-10-14-35(34)65)64(103)104-31(5)53(62(101)69-26-46(83)71-37)79-60(99)41(23-51(91)92)76-59(98)38(20-45(66)82)73-54(93)29(3)17-32-24-67-36-16-11-9-12-33(32)36/h8-14,16,24,28-31,37-43,52-53,67,80H,6-7,15,17-23,25-27,65H2,1-5H3,(H2,66,82)(H,68,95)(H,69,101)(H,70,97)(H,71,83)(H,72,84)(H,73,93)(H,74,94)(H,75,96)(H,76,98)(H,77,102)(H,78,100)(H,79,99)(H,85,86)(H,87,88)(H,89,90)(H,91,92). The third-order valence-corrected chi connectivity index (χ3v) is 15.9. The van der Waals surface area contributed by atoms with Crippen molar-refractivity contribution < 1.29 is 121 Å². The second kappa shape index (κ2) is 40.3. The zero-order valence-electron chi connectivity index (χ0n) is 56.9. The number of aliphatic hydroxyl groups is 1. The number of amides is 13. The molecular formula is C64H85N15O25. The summed E-state index contributed by atoms with van der Waals surface area (Å²) in [6.07, 6.45) is -6.88. The van der Waals surface area contributed by atoms with Gasteiger partial charge in [0.15, 0.2) is 5.78 Å². The van der Waals surface area contributed by atoms with E-state index in [1.54, 1.807) is 37.4 Å². The van der Waals surface area contributed by atoms with Crippen LogP contribution in [-0.4, -0.2) is 229 Å². The highest BCUT2D eigenvalue weighted by atomic mass is 16.5. The van der Waals surface area contributed by atoms with Crippen LogP contribution in [0.5, 0.6) is 0 Å². The molecule has 0 aliphatic carbocycles. The van der Waals surface area contributed by atoms with Crippen molar-refractivity contribution in [3.05, 3.63) is 65.9 Å². The van der Waals surface area contributed by atoms with Gasteiger partial charge in [-0.1, -0.05) is 63.9 Å². The number of carbonyl (C=O) groups is 19. The molecule has 1 saturated heterocycles. The molecule has 1 aliphatic rings. The SMILES string of the molecule is CCCCC1NC(=O)CNC(=O)C(NC(=O)C(CC(=O)O)NC(=O)C(CC(N)=O)NC(=O)C(C)Cc2c[nH]c3ccccc23)C(C)OC(=O)C(CC(=O)c2ccccc2N)NC(=O)C(C(C)CC(=O)O)NC(=O)C(CO)NC(=O)CNC(=O)C(CC(=O)O)NC(=O)C(C)NC(=O)C(CC(=O)O)NC1=O. The molecule has 2 heterocycles. The normalized spacial score (nSPS) is 22.2. The minimum absolute atomic E-state index is 0.0847. The lowest BCUT2D eigenvalue weighted by Gasteiger charge is -2.30. The van der Waals surface area contributed by atoms with Crippen LogP contribution in [0, 0.1) is 11.8 Å². The first-order valence-electron chi connectivity index (χ1n) is 32.4. The number of hydrogen-bond donors (Lipinski definition) is 20. The van der Waals surface area contributed by atoms with E-state index in [4.69, 9.17) is 16.2 Å². The number of nitrogen functional groups attached to an aromatic ring is 1. The maximum atomic E-state index is 14.7. The highest BCUT2D eigenvalue weighted by Gasteiger charge is 2.41. The van der Waals surface area contributed by atoms with E-state index in [2.05, 4.69) is 52.8 Å². The second-order valence-corrected chi connectivity index (χ2v) is 24.4. The summed E-state index contributed by atoms with van der Waals surface area (Å²) in [5.41, 5.74) is 12.5. The summed E-state index contributed by atoms with van der Waals surface area (Å²) >= 11 is 0. The molecule has 40 heteroatoms. The number of aromatic nitrogens is 1. The van der Waals surface area contributed by atoms with E-state index in [9.17, 15) is 117 Å². The quantitative estimate of drug-likeness (QED) is 0.0202. The molecule has 2 aromatic carbocycles. The Morgan fingerprint density at radius 2 is 1.12 bits per heavy atom.